The van der Waals surface area contributed by atoms with Crippen molar-refractivity contribution in [1.82, 2.24) is 4.98 Å². The Morgan fingerprint density at radius 1 is 1.23 bits per heavy atom. The van der Waals surface area contributed by atoms with Crippen molar-refractivity contribution >= 4 is 10.9 Å². The lowest BCUT2D eigenvalue weighted by molar-refractivity contribution is -0.921. The quantitative estimate of drug-likeness (QED) is 0.747. The molecule has 0 saturated heterocycles. The number of unbranched alkanes of at least 4 members (excludes halogenated alkanes) is 1. The molecule has 4 heteroatoms. The van der Waals surface area contributed by atoms with E-state index in [-0.39, 0.29) is 5.43 Å². The van der Waals surface area contributed by atoms with E-state index in [9.17, 15) is 4.79 Å². The normalized spacial score (nSPS) is 16.7. The summed E-state index contributed by atoms with van der Waals surface area (Å²) < 4.78 is 5.80. The average molecular weight is 358 g/mol. The first-order valence-corrected chi connectivity index (χ1v) is 10.2. The highest BCUT2D eigenvalue weighted by atomic mass is 16.5. The van der Waals surface area contributed by atoms with Crippen LogP contribution in [-0.4, -0.2) is 24.7 Å². The van der Waals surface area contributed by atoms with Gasteiger partial charge in [0.15, 0.2) is 5.43 Å². The first-order valence-electron chi connectivity index (χ1n) is 10.2. The second kappa shape index (κ2) is 8.72. The Morgan fingerprint density at radius 2 is 2.00 bits per heavy atom. The van der Waals surface area contributed by atoms with Gasteiger partial charge in [-0.1, -0.05) is 19.8 Å². The number of quaternary nitrogens is 1. The number of aromatic amines is 1. The minimum atomic E-state index is 0.160. The number of rotatable bonds is 7. The van der Waals surface area contributed by atoms with Gasteiger partial charge in [0, 0.05) is 16.6 Å². The zero-order valence-corrected chi connectivity index (χ0v) is 16.5. The van der Waals surface area contributed by atoms with Crippen molar-refractivity contribution < 1.29 is 9.64 Å². The van der Waals surface area contributed by atoms with E-state index in [1.54, 1.807) is 0 Å². The number of aryl methyl sites for hydroxylation is 1. The molecule has 0 spiro atoms. The minimum absolute atomic E-state index is 0.160. The monoisotopic (exact) mass is 357 g/mol. The van der Waals surface area contributed by atoms with Crippen molar-refractivity contribution in [1.29, 1.82) is 0 Å². The summed E-state index contributed by atoms with van der Waals surface area (Å²) in [7, 11) is 2.24. The molecule has 1 aliphatic rings. The minimum Gasteiger partial charge on any atom is -0.494 e. The molecular formula is C22H33N2O2+. The second-order valence-electron chi connectivity index (χ2n) is 7.83. The van der Waals surface area contributed by atoms with Crippen LogP contribution in [0.4, 0.5) is 0 Å². The van der Waals surface area contributed by atoms with Crippen LogP contribution in [0.5, 0.6) is 5.75 Å². The summed E-state index contributed by atoms with van der Waals surface area (Å²) >= 11 is 0. The number of ether oxygens (including phenoxy) is 1. The van der Waals surface area contributed by atoms with E-state index in [0.29, 0.717) is 12.6 Å². The molecule has 3 rings (SSSR count). The van der Waals surface area contributed by atoms with Crippen molar-refractivity contribution in [3.05, 3.63) is 39.7 Å². The van der Waals surface area contributed by atoms with Crippen LogP contribution < -0.4 is 15.1 Å². The van der Waals surface area contributed by atoms with E-state index in [4.69, 9.17) is 4.74 Å². The van der Waals surface area contributed by atoms with E-state index in [0.717, 1.165) is 47.3 Å². The van der Waals surface area contributed by atoms with Crippen LogP contribution in [0.1, 0.15) is 63.1 Å². The molecule has 0 radical (unpaired) electrons. The summed E-state index contributed by atoms with van der Waals surface area (Å²) in [6, 6.07) is 6.50. The fourth-order valence-electron chi connectivity index (χ4n) is 4.09. The average Bonchev–Trinajstić information content (AvgIpc) is 2.66. The van der Waals surface area contributed by atoms with Gasteiger partial charge in [-0.3, -0.25) is 4.79 Å². The van der Waals surface area contributed by atoms with Crippen molar-refractivity contribution in [3.8, 4) is 5.75 Å². The number of aromatic nitrogens is 1. The van der Waals surface area contributed by atoms with E-state index in [1.807, 2.05) is 25.1 Å². The Hall–Kier alpha value is -1.81. The topological polar surface area (TPSA) is 46.5 Å². The zero-order valence-electron chi connectivity index (χ0n) is 16.5. The van der Waals surface area contributed by atoms with E-state index < -0.39 is 0 Å². The van der Waals surface area contributed by atoms with Crippen molar-refractivity contribution in [2.45, 2.75) is 71.4 Å². The Morgan fingerprint density at radius 3 is 2.73 bits per heavy atom. The molecule has 1 fully saturated rings. The smallest absolute Gasteiger partial charge is 0.198 e. The summed E-state index contributed by atoms with van der Waals surface area (Å²) in [6.45, 7) is 5.67. The van der Waals surface area contributed by atoms with E-state index in [2.05, 4.69) is 19.0 Å². The van der Waals surface area contributed by atoms with Crippen LogP contribution in [0.2, 0.25) is 0 Å². The van der Waals surface area contributed by atoms with Crippen molar-refractivity contribution in [2.75, 3.05) is 13.7 Å². The maximum atomic E-state index is 13.2. The predicted molar refractivity (Wildman–Crippen MR) is 107 cm³/mol. The van der Waals surface area contributed by atoms with Gasteiger partial charge in [-0.05, 0) is 57.2 Å². The SMILES string of the molecule is CCCCOc1ccc2[nH]c(C)c(C[NH+](C)C3CCCCC3)c(=O)c2c1. The van der Waals surface area contributed by atoms with Gasteiger partial charge in [-0.15, -0.1) is 0 Å². The fraction of sp³-hybridized carbons (Fsp3) is 0.591. The first-order chi connectivity index (χ1) is 12.6. The maximum Gasteiger partial charge on any atom is 0.198 e. The molecule has 1 heterocycles. The van der Waals surface area contributed by atoms with Gasteiger partial charge in [0.05, 0.1) is 25.3 Å². The lowest BCUT2D eigenvalue weighted by Gasteiger charge is -2.28. The van der Waals surface area contributed by atoms with Crippen LogP contribution >= 0.6 is 0 Å². The summed E-state index contributed by atoms with van der Waals surface area (Å²) in [5.41, 5.74) is 2.98. The number of H-pyrrole nitrogens is 1. The molecule has 26 heavy (non-hydrogen) atoms. The van der Waals surface area contributed by atoms with Gasteiger partial charge in [-0.2, -0.15) is 0 Å². The molecule has 0 amide bonds. The Labute approximate surface area is 156 Å². The number of nitrogens with one attached hydrogen (secondary N) is 2. The molecule has 1 atom stereocenters. The molecule has 142 valence electrons. The predicted octanol–water partition coefficient (Wildman–Crippen LogP) is 3.36. The fourth-order valence-corrected chi connectivity index (χ4v) is 4.09. The maximum absolute atomic E-state index is 13.2. The summed E-state index contributed by atoms with van der Waals surface area (Å²) in [4.78, 5) is 18.1. The van der Waals surface area contributed by atoms with Gasteiger partial charge in [0.25, 0.3) is 0 Å². The van der Waals surface area contributed by atoms with Crippen molar-refractivity contribution in [3.63, 3.8) is 0 Å². The highest BCUT2D eigenvalue weighted by Crippen LogP contribution is 2.19. The number of hydrogen-bond acceptors (Lipinski definition) is 2. The molecule has 2 N–H and O–H groups in total. The van der Waals surface area contributed by atoms with Crippen molar-refractivity contribution in [2.24, 2.45) is 0 Å². The molecular weight excluding hydrogens is 324 g/mol. The molecule has 1 aliphatic carbocycles. The summed E-state index contributed by atoms with van der Waals surface area (Å²) in [6.07, 6.45) is 8.72. The lowest BCUT2D eigenvalue weighted by atomic mass is 9.94. The molecule has 1 aromatic heterocycles. The van der Waals surface area contributed by atoms with Crippen LogP contribution in [0.15, 0.2) is 23.0 Å². The van der Waals surface area contributed by atoms with E-state index >= 15 is 0 Å². The third-order valence-electron chi connectivity index (χ3n) is 5.81. The third-order valence-corrected chi connectivity index (χ3v) is 5.81. The zero-order chi connectivity index (χ0) is 18.5. The molecule has 1 unspecified atom stereocenters. The second-order valence-corrected chi connectivity index (χ2v) is 7.83. The summed E-state index contributed by atoms with van der Waals surface area (Å²) in [5, 5.41) is 0.746. The van der Waals surface area contributed by atoms with Crippen LogP contribution in [0, 0.1) is 6.92 Å². The Kier molecular flexibility index (Phi) is 6.36. The number of hydrogen-bond donors (Lipinski definition) is 2. The Bertz CT molecular complexity index is 791. The molecule has 2 aromatic rings. The third kappa shape index (κ3) is 4.29. The van der Waals surface area contributed by atoms with Gasteiger partial charge in [0.2, 0.25) is 0 Å². The molecule has 0 bridgehead atoms. The molecule has 4 nitrogen and oxygen atoms in total. The van der Waals surface area contributed by atoms with Crippen LogP contribution in [0.3, 0.4) is 0 Å². The number of pyridine rings is 1. The molecule has 1 aromatic carbocycles. The van der Waals surface area contributed by atoms with Gasteiger partial charge in [0.1, 0.15) is 12.3 Å². The summed E-state index contributed by atoms with van der Waals surface area (Å²) in [5.74, 6) is 0.791. The highest BCUT2D eigenvalue weighted by Gasteiger charge is 2.23. The van der Waals surface area contributed by atoms with Crippen LogP contribution in [-0.2, 0) is 6.54 Å². The van der Waals surface area contributed by atoms with Gasteiger partial charge >= 0.3 is 0 Å². The number of benzene rings is 1. The Balaban J connectivity index is 1.85. The largest absolute Gasteiger partial charge is 0.494 e. The molecule has 0 aliphatic heterocycles. The van der Waals surface area contributed by atoms with E-state index in [1.165, 1.54) is 37.0 Å². The molecule has 1 saturated carbocycles. The van der Waals surface area contributed by atoms with Gasteiger partial charge < -0.3 is 14.6 Å². The number of fused-ring (bicyclic) bond motifs is 1. The highest BCUT2D eigenvalue weighted by molar-refractivity contribution is 5.81. The van der Waals surface area contributed by atoms with Crippen LogP contribution in [0.25, 0.3) is 10.9 Å². The lowest BCUT2D eigenvalue weighted by Crippen LogP contribution is -3.12. The van der Waals surface area contributed by atoms with Gasteiger partial charge in [-0.25, -0.2) is 0 Å². The standard InChI is InChI=1S/C22H32N2O2/c1-4-5-13-26-18-11-12-21-19(14-18)22(25)20(16(2)23-21)15-24(3)17-9-7-6-8-10-17/h11-12,14,17H,4-10,13,15H2,1-3H3,(H,23,25)/p+1. The first kappa shape index (κ1) is 19.0.